The predicted molar refractivity (Wildman–Crippen MR) is 74.1 cm³/mol. The van der Waals surface area contributed by atoms with E-state index in [0.29, 0.717) is 5.52 Å². The van der Waals surface area contributed by atoms with E-state index in [0.717, 1.165) is 4.57 Å². The van der Waals surface area contributed by atoms with Crippen LogP contribution in [0.1, 0.15) is 12.2 Å². The zero-order valence-corrected chi connectivity index (χ0v) is 12.2. The molecule has 0 saturated carbocycles. The van der Waals surface area contributed by atoms with Crippen LogP contribution >= 0.6 is 23.2 Å². The van der Waals surface area contributed by atoms with Crippen molar-refractivity contribution in [2.24, 2.45) is 7.05 Å². The molecule has 3 nitrogen and oxygen atoms in total. The van der Waals surface area contributed by atoms with Crippen LogP contribution in [0.3, 0.4) is 0 Å². The molecule has 0 radical (unpaired) electrons. The van der Waals surface area contributed by atoms with E-state index >= 15 is 0 Å². The number of rotatable bonds is 2. The summed E-state index contributed by atoms with van der Waals surface area (Å²) < 4.78 is 40.7. The monoisotopic (exact) mass is 336 g/mol. The normalized spacial score (nSPS) is 15.0. The largest absolute Gasteiger partial charge is 0.425 e. The fraction of sp³-hybridized carbons (Fsp3) is 0.308. The number of aryl methyl sites for hydroxylation is 1. The molecule has 1 unspecified atom stereocenters. The third-order valence-corrected chi connectivity index (χ3v) is 3.84. The lowest BCUT2D eigenvalue weighted by molar-refractivity contribution is -0.268. The van der Waals surface area contributed by atoms with Gasteiger partial charge in [-0.2, -0.15) is 13.2 Å². The maximum Gasteiger partial charge on any atom is 0.425 e. The molecular weight excluding hydrogens is 328 g/mol. The van der Waals surface area contributed by atoms with Crippen molar-refractivity contribution in [2.75, 3.05) is 0 Å². The van der Waals surface area contributed by atoms with Gasteiger partial charge in [-0.05, 0) is 12.1 Å². The lowest BCUT2D eigenvalue weighted by Gasteiger charge is -2.28. The zero-order chi connectivity index (χ0) is 16.0. The SMILES string of the molecule is C#CCC(O)(c1nc2cc(Cl)c(Cl)cc2n1C)C(F)(F)F. The molecule has 0 aliphatic carbocycles. The standard InChI is InChI=1S/C13H9Cl2F3N2O/c1-3-4-12(21,13(16,17)18)11-19-9-5-7(14)8(15)6-10(9)20(11)2/h1,5-6,21H,4H2,2H3. The average molecular weight is 337 g/mol. The summed E-state index contributed by atoms with van der Waals surface area (Å²) in [4.78, 5) is 3.83. The molecular formula is C13H9Cl2F3N2O. The summed E-state index contributed by atoms with van der Waals surface area (Å²) in [5.74, 6) is 1.22. The first-order valence-electron chi connectivity index (χ1n) is 5.66. The molecule has 0 saturated heterocycles. The Morgan fingerprint density at radius 2 is 1.90 bits per heavy atom. The van der Waals surface area contributed by atoms with Gasteiger partial charge in [-0.3, -0.25) is 0 Å². The number of hydrogen-bond acceptors (Lipinski definition) is 2. The summed E-state index contributed by atoms with van der Waals surface area (Å²) in [6.45, 7) is 0. The van der Waals surface area contributed by atoms with Crippen molar-refractivity contribution < 1.29 is 18.3 Å². The summed E-state index contributed by atoms with van der Waals surface area (Å²) in [6, 6.07) is 2.71. The Labute approximate surface area is 128 Å². The summed E-state index contributed by atoms with van der Waals surface area (Å²) in [6.07, 6.45) is -0.967. The van der Waals surface area contributed by atoms with Crippen LogP contribution in [-0.2, 0) is 12.6 Å². The van der Waals surface area contributed by atoms with Crippen molar-refractivity contribution in [3.05, 3.63) is 28.0 Å². The van der Waals surface area contributed by atoms with Crippen LogP contribution in [0.4, 0.5) is 13.2 Å². The number of fused-ring (bicyclic) bond motifs is 1. The fourth-order valence-corrected chi connectivity index (χ4v) is 2.33. The molecule has 1 heterocycles. The Balaban J connectivity index is 2.76. The van der Waals surface area contributed by atoms with E-state index in [1.54, 1.807) is 0 Å². The van der Waals surface area contributed by atoms with Gasteiger partial charge in [0, 0.05) is 7.05 Å². The maximum absolute atomic E-state index is 13.2. The Hall–Kier alpha value is -1.42. The minimum Gasteiger partial charge on any atom is -0.373 e. The molecule has 21 heavy (non-hydrogen) atoms. The highest BCUT2D eigenvalue weighted by molar-refractivity contribution is 6.42. The van der Waals surface area contributed by atoms with E-state index < -0.39 is 24.0 Å². The van der Waals surface area contributed by atoms with Crippen LogP contribution in [0.25, 0.3) is 11.0 Å². The van der Waals surface area contributed by atoms with Crippen molar-refractivity contribution in [3.63, 3.8) is 0 Å². The second-order valence-corrected chi connectivity index (χ2v) is 5.30. The lowest BCUT2D eigenvalue weighted by atomic mass is 9.98. The molecule has 0 bridgehead atoms. The zero-order valence-electron chi connectivity index (χ0n) is 10.7. The van der Waals surface area contributed by atoms with Crippen LogP contribution in [0.2, 0.25) is 10.0 Å². The van der Waals surface area contributed by atoms with Crippen molar-refractivity contribution in [3.8, 4) is 12.3 Å². The number of halogens is 5. The first-order chi connectivity index (χ1) is 9.61. The Bertz CT molecular complexity index is 748. The lowest BCUT2D eigenvalue weighted by Crippen LogP contribution is -2.44. The topological polar surface area (TPSA) is 38.1 Å². The molecule has 0 aliphatic rings. The molecule has 1 aromatic carbocycles. The third-order valence-electron chi connectivity index (χ3n) is 3.12. The number of aromatic nitrogens is 2. The van der Waals surface area contributed by atoms with E-state index in [9.17, 15) is 18.3 Å². The molecule has 0 amide bonds. The number of terminal acetylenes is 1. The van der Waals surface area contributed by atoms with Gasteiger partial charge in [-0.25, -0.2) is 4.98 Å². The van der Waals surface area contributed by atoms with Crippen molar-refractivity contribution in [1.82, 2.24) is 9.55 Å². The molecule has 112 valence electrons. The van der Waals surface area contributed by atoms with Crippen LogP contribution in [0, 0.1) is 12.3 Å². The van der Waals surface area contributed by atoms with Crippen molar-refractivity contribution in [2.45, 2.75) is 18.2 Å². The van der Waals surface area contributed by atoms with Gasteiger partial charge in [-0.15, -0.1) is 12.3 Å². The first kappa shape index (κ1) is 16.0. The summed E-state index contributed by atoms with van der Waals surface area (Å²) >= 11 is 11.7. The number of aliphatic hydroxyl groups is 1. The molecule has 2 rings (SSSR count). The van der Waals surface area contributed by atoms with Crippen molar-refractivity contribution in [1.29, 1.82) is 0 Å². The highest BCUT2D eigenvalue weighted by Crippen LogP contribution is 2.42. The second-order valence-electron chi connectivity index (χ2n) is 4.49. The van der Waals surface area contributed by atoms with E-state index in [2.05, 4.69) is 4.98 Å². The van der Waals surface area contributed by atoms with Gasteiger partial charge >= 0.3 is 6.18 Å². The van der Waals surface area contributed by atoms with Gasteiger partial charge in [0.2, 0.25) is 5.60 Å². The molecule has 8 heteroatoms. The molecule has 1 N–H and O–H groups in total. The van der Waals surface area contributed by atoms with Gasteiger partial charge in [0.25, 0.3) is 0 Å². The Morgan fingerprint density at radius 1 is 1.33 bits per heavy atom. The number of hydrogen-bond donors (Lipinski definition) is 1. The molecule has 0 aliphatic heterocycles. The first-order valence-corrected chi connectivity index (χ1v) is 6.42. The summed E-state index contributed by atoms with van der Waals surface area (Å²) in [7, 11) is 1.34. The molecule has 0 spiro atoms. The van der Waals surface area contributed by atoms with Gasteiger partial charge in [-0.1, -0.05) is 23.2 Å². The number of benzene rings is 1. The van der Waals surface area contributed by atoms with Gasteiger partial charge in [0.1, 0.15) is 0 Å². The molecule has 1 aromatic heterocycles. The third kappa shape index (κ3) is 2.46. The van der Waals surface area contributed by atoms with Crippen LogP contribution in [-0.4, -0.2) is 20.8 Å². The second kappa shape index (κ2) is 5.09. The molecule has 2 aromatic rings. The predicted octanol–water partition coefficient (Wildman–Crippen LogP) is 3.65. The van der Waals surface area contributed by atoms with E-state index in [1.165, 1.54) is 19.2 Å². The van der Waals surface area contributed by atoms with Crippen molar-refractivity contribution >= 4 is 34.2 Å². The van der Waals surface area contributed by atoms with E-state index in [-0.39, 0.29) is 15.6 Å². The quantitative estimate of drug-likeness (QED) is 0.850. The highest BCUT2D eigenvalue weighted by atomic mass is 35.5. The van der Waals surface area contributed by atoms with E-state index in [4.69, 9.17) is 29.6 Å². The van der Waals surface area contributed by atoms with E-state index in [1.807, 2.05) is 5.92 Å². The van der Waals surface area contributed by atoms with Gasteiger partial charge in [0.15, 0.2) is 5.82 Å². The van der Waals surface area contributed by atoms with Crippen LogP contribution in [0.15, 0.2) is 12.1 Å². The maximum atomic E-state index is 13.2. The molecule has 1 atom stereocenters. The smallest absolute Gasteiger partial charge is 0.373 e. The van der Waals surface area contributed by atoms with Crippen LogP contribution < -0.4 is 0 Å². The highest BCUT2D eigenvalue weighted by Gasteiger charge is 2.57. The van der Waals surface area contributed by atoms with Gasteiger partial charge < -0.3 is 9.67 Å². The average Bonchev–Trinajstić information content (AvgIpc) is 2.67. The number of alkyl halides is 3. The fourth-order valence-electron chi connectivity index (χ4n) is 2.01. The van der Waals surface area contributed by atoms with Gasteiger partial charge in [0.05, 0.1) is 27.5 Å². The Kier molecular flexibility index (Phi) is 3.87. The minimum absolute atomic E-state index is 0.154. The number of nitrogens with zero attached hydrogens (tertiary/aromatic N) is 2. The molecule has 0 fully saturated rings. The number of imidazole rings is 1. The Morgan fingerprint density at radius 3 is 2.43 bits per heavy atom. The summed E-state index contributed by atoms with van der Waals surface area (Å²) in [5.41, 5.74) is -2.75. The summed E-state index contributed by atoms with van der Waals surface area (Å²) in [5, 5.41) is 10.3. The minimum atomic E-state index is -4.97. The van der Waals surface area contributed by atoms with Crippen LogP contribution in [0.5, 0.6) is 0 Å².